The fraction of sp³-hybridized carbons (Fsp3) is 0.333. The van der Waals surface area contributed by atoms with E-state index in [1.165, 1.54) is 0 Å². The zero-order valence-corrected chi connectivity index (χ0v) is 14.8. The van der Waals surface area contributed by atoms with Crippen LogP contribution in [0.1, 0.15) is 19.8 Å². The molecule has 26 heavy (non-hydrogen) atoms. The molecule has 0 spiro atoms. The van der Waals surface area contributed by atoms with Crippen molar-refractivity contribution in [3.8, 4) is 11.5 Å². The minimum atomic E-state index is -0.405. The summed E-state index contributed by atoms with van der Waals surface area (Å²) >= 11 is 0. The van der Waals surface area contributed by atoms with Gasteiger partial charge in [0.15, 0.2) is 0 Å². The molecule has 0 aromatic heterocycles. The zero-order valence-electron chi connectivity index (χ0n) is 14.8. The van der Waals surface area contributed by atoms with E-state index in [1.807, 2.05) is 61.5 Å². The van der Waals surface area contributed by atoms with Crippen LogP contribution in [-0.2, 0) is 9.59 Å². The first-order valence-electron chi connectivity index (χ1n) is 9.08. The average molecular weight is 350 g/mol. The highest BCUT2D eigenvalue weighted by Crippen LogP contribution is 2.33. The summed E-state index contributed by atoms with van der Waals surface area (Å²) in [6.07, 6.45) is 1.92. The number of ether oxygens (including phenoxy) is 1. The van der Waals surface area contributed by atoms with Gasteiger partial charge in [0.05, 0.1) is 0 Å². The van der Waals surface area contributed by atoms with Crippen LogP contribution < -0.4 is 9.64 Å². The number of carbonyl (C=O) groups is 2. The van der Waals surface area contributed by atoms with Gasteiger partial charge in [-0.3, -0.25) is 9.59 Å². The zero-order chi connectivity index (χ0) is 18.1. The Morgan fingerprint density at radius 2 is 1.62 bits per heavy atom. The highest BCUT2D eigenvalue weighted by molar-refractivity contribution is 6.00. The third-order valence-electron chi connectivity index (χ3n) is 4.99. The van der Waals surface area contributed by atoms with E-state index in [0.717, 1.165) is 30.0 Å². The van der Waals surface area contributed by atoms with Crippen LogP contribution in [0.4, 0.5) is 5.69 Å². The summed E-state index contributed by atoms with van der Waals surface area (Å²) in [7, 11) is 0. The molecule has 0 unspecified atom stereocenters. The number of piperazine rings is 1. The van der Waals surface area contributed by atoms with E-state index in [-0.39, 0.29) is 17.7 Å². The van der Waals surface area contributed by atoms with E-state index in [0.29, 0.717) is 13.1 Å². The molecular formula is C21H22N2O3. The largest absolute Gasteiger partial charge is 0.457 e. The summed E-state index contributed by atoms with van der Waals surface area (Å²) in [6, 6.07) is 16.7. The lowest BCUT2D eigenvalue weighted by atomic mass is 10.1. The van der Waals surface area contributed by atoms with Crippen molar-refractivity contribution in [3.05, 3.63) is 54.6 Å². The van der Waals surface area contributed by atoms with E-state index in [1.54, 1.807) is 9.80 Å². The third kappa shape index (κ3) is 3.29. The Morgan fingerprint density at radius 3 is 2.27 bits per heavy atom. The lowest BCUT2D eigenvalue weighted by molar-refractivity contribution is -0.141. The molecule has 1 heterocycles. The third-order valence-corrected chi connectivity index (χ3v) is 4.99. The first-order valence-corrected chi connectivity index (χ1v) is 9.08. The maximum absolute atomic E-state index is 12.8. The minimum absolute atomic E-state index is 0.0259. The van der Waals surface area contributed by atoms with E-state index >= 15 is 0 Å². The van der Waals surface area contributed by atoms with Gasteiger partial charge in [-0.15, -0.1) is 0 Å². The summed E-state index contributed by atoms with van der Waals surface area (Å²) in [5.41, 5.74) is 0.834. The molecule has 2 aliphatic rings. The normalized spacial score (nSPS) is 20.2. The fourth-order valence-electron chi connectivity index (χ4n) is 3.31. The highest BCUT2D eigenvalue weighted by Gasteiger charge is 2.40. The van der Waals surface area contributed by atoms with Gasteiger partial charge in [-0.2, -0.15) is 0 Å². The molecule has 4 rings (SSSR count). The lowest BCUT2D eigenvalue weighted by Crippen LogP contribution is -2.58. The lowest BCUT2D eigenvalue weighted by Gasteiger charge is -2.39. The van der Waals surface area contributed by atoms with Gasteiger partial charge < -0.3 is 14.5 Å². The fourth-order valence-corrected chi connectivity index (χ4v) is 3.31. The van der Waals surface area contributed by atoms with E-state index in [4.69, 9.17) is 4.74 Å². The number of hydrogen-bond acceptors (Lipinski definition) is 3. The quantitative estimate of drug-likeness (QED) is 0.849. The van der Waals surface area contributed by atoms with Crippen LogP contribution in [0.3, 0.4) is 0 Å². The summed E-state index contributed by atoms with van der Waals surface area (Å²) in [6.45, 7) is 2.94. The summed E-state index contributed by atoms with van der Waals surface area (Å²) in [5.74, 6) is 1.76. The Labute approximate surface area is 153 Å². The first-order chi connectivity index (χ1) is 12.6. The van der Waals surface area contributed by atoms with Gasteiger partial charge in [-0.1, -0.05) is 18.2 Å². The second-order valence-electron chi connectivity index (χ2n) is 6.88. The minimum Gasteiger partial charge on any atom is -0.457 e. The van der Waals surface area contributed by atoms with Crippen molar-refractivity contribution in [2.24, 2.45) is 5.92 Å². The molecule has 0 radical (unpaired) electrons. The van der Waals surface area contributed by atoms with Crippen molar-refractivity contribution >= 4 is 17.5 Å². The first kappa shape index (κ1) is 16.6. The molecule has 1 aliphatic heterocycles. The molecular weight excluding hydrogens is 328 g/mol. The second-order valence-corrected chi connectivity index (χ2v) is 6.88. The van der Waals surface area contributed by atoms with Gasteiger partial charge in [0, 0.05) is 24.7 Å². The molecule has 5 heteroatoms. The Hall–Kier alpha value is -2.82. The molecule has 0 bridgehead atoms. The van der Waals surface area contributed by atoms with Crippen molar-refractivity contribution in [1.29, 1.82) is 0 Å². The molecule has 1 aliphatic carbocycles. The molecule has 2 aromatic carbocycles. The topological polar surface area (TPSA) is 49.9 Å². The Morgan fingerprint density at radius 1 is 0.962 bits per heavy atom. The standard InChI is InChI=1S/C21H22N2O3/c1-15-20(24)23(14-13-22(15)21(25)16-7-8-16)17-9-11-19(12-10-17)26-18-5-3-2-4-6-18/h2-6,9-12,15-16H,7-8,13-14H2,1H3/t15-/m0/s1. The predicted molar refractivity (Wildman–Crippen MR) is 99.2 cm³/mol. The van der Waals surface area contributed by atoms with Gasteiger partial charge in [0.2, 0.25) is 11.8 Å². The average Bonchev–Trinajstić information content (AvgIpc) is 3.50. The molecule has 2 aromatic rings. The molecule has 0 N–H and O–H groups in total. The smallest absolute Gasteiger partial charge is 0.249 e. The van der Waals surface area contributed by atoms with E-state index in [2.05, 4.69) is 0 Å². The van der Waals surface area contributed by atoms with Crippen LogP contribution in [0.2, 0.25) is 0 Å². The van der Waals surface area contributed by atoms with Crippen molar-refractivity contribution in [1.82, 2.24) is 4.90 Å². The van der Waals surface area contributed by atoms with Crippen molar-refractivity contribution in [2.75, 3.05) is 18.0 Å². The molecule has 2 amide bonds. The van der Waals surface area contributed by atoms with Crippen molar-refractivity contribution in [2.45, 2.75) is 25.8 Å². The van der Waals surface area contributed by atoms with Gasteiger partial charge in [-0.05, 0) is 56.2 Å². The SMILES string of the molecule is C[C@H]1C(=O)N(c2ccc(Oc3ccccc3)cc2)CCN1C(=O)C1CC1. The molecule has 134 valence electrons. The Kier molecular flexibility index (Phi) is 4.37. The molecule has 1 saturated heterocycles. The highest BCUT2D eigenvalue weighted by atomic mass is 16.5. The molecule has 1 atom stereocenters. The van der Waals surface area contributed by atoms with Crippen LogP contribution in [0.15, 0.2) is 54.6 Å². The van der Waals surface area contributed by atoms with Crippen LogP contribution in [0, 0.1) is 5.92 Å². The summed E-state index contributed by atoms with van der Waals surface area (Å²) in [5, 5.41) is 0. The van der Waals surface area contributed by atoms with Crippen LogP contribution >= 0.6 is 0 Å². The molecule has 1 saturated carbocycles. The predicted octanol–water partition coefficient (Wildman–Crippen LogP) is 3.45. The summed E-state index contributed by atoms with van der Waals surface area (Å²) < 4.78 is 5.79. The number of carbonyl (C=O) groups excluding carboxylic acids is 2. The number of para-hydroxylation sites is 1. The van der Waals surface area contributed by atoms with Crippen molar-refractivity contribution < 1.29 is 14.3 Å². The maximum Gasteiger partial charge on any atom is 0.249 e. The number of rotatable bonds is 4. The van der Waals surface area contributed by atoms with Crippen molar-refractivity contribution in [3.63, 3.8) is 0 Å². The molecule has 5 nitrogen and oxygen atoms in total. The van der Waals surface area contributed by atoms with Gasteiger partial charge in [0.25, 0.3) is 0 Å². The van der Waals surface area contributed by atoms with Crippen LogP contribution in [0.25, 0.3) is 0 Å². The number of anilines is 1. The molecule has 2 fully saturated rings. The van der Waals surface area contributed by atoms with Gasteiger partial charge >= 0.3 is 0 Å². The number of hydrogen-bond donors (Lipinski definition) is 0. The monoisotopic (exact) mass is 350 g/mol. The maximum atomic E-state index is 12.8. The van der Waals surface area contributed by atoms with Gasteiger partial charge in [0.1, 0.15) is 17.5 Å². The summed E-state index contributed by atoms with van der Waals surface area (Å²) in [4.78, 5) is 28.6. The number of nitrogens with zero attached hydrogens (tertiary/aromatic N) is 2. The van der Waals surface area contributed by atoms with Gasteiger partial charge in [-0.25, -0.2) is 0 Å². The second kappa shape index (κ2) is 6.83. The number of benzene rings is 2. The Balaban J connectivity index is 1.44. The van der Waals surface area contributed by atoms with E-state index in [9.17, 15) is 9.59 Å². The van der Waals surface area contributed by atoms with Crippen LogP contribution in [-0.4, -0.2) is 35.8 Å². The number of amides is 2. The van der Waals surface area contributed by atoms with Crippen LogP contribution in [0.5, 0.6) is 11.5 Å². The Bertz CT molecular complexity index is 800. The van der Waals surface area contributed by atoms with E-state index < -0.39 is 6.04 Å².